The van der Waals surface area contributed by atoms with Gasteiger partial charge in [-0.2, -0.15) is 0 Å². The van der Waals surface area contributed by atoms with Gasteiger partial charge in [0, 0.05) is 6.54 Å². The Labute approximate surface area is 167 Å². The number of hydrogen-bond acceptors (Lipinski definition) is 5. The van der Waals surface area contributed by atoms with Gasteiger partial charge in [-0.25, -0.2) is 9.59 Å². The van der Waals surface area contributed by atoms with E-state index in [-0.39, 0.29) is 26.0 Å². The summed E-state index contributed by atoms with van der Waals surface area (Å²) in [6.45, 7) is 0.0882. The zero-order valence-corrected chi connectivity index (χ0v) is 15.5. The number of imide groups is 1. The van der Waals surface area contributed by atoms with E-state index in [2.05, 4.69) is 5.32 Å². The maximum atomic E-state index is 12.3. The lowest BCUT2D eigenvalue weighted by atomic mass is 10.1. The average molecular weight is 396 g/mol. The lowest BCUT2D eigenvalue weighted by Crippen LogP contribution is -2.41. The monoisotopic (exact) mass is 396 g/mol. The van der Waals surface area contributed by atoms with Crippen molar-refractivity contribution in [1.29, 1.82) is 0 Å². The molecule has 8 heteroatoms. The predicted molar refractivity (Wildman–Crippen MR) is 102 cm³/mol. The number of carbonyl (C=O) groups excluding carboxylic acids is 3. The van der Waals surface area contributed by atoms with Crippen molar-refractivity contribution < 1.29 is 29.0 Å². The van der Waals surface area contributed by atoms with Crippen molar-refractivity contribution in [1.82, 2.24) is 10.2 Å². The fraction of sp³-hybridized carbons (Fsp3) is 0.238. The maximum Gasteiger partial charge on any atom is 0.408 e. The molecule has 0 fully saturated rings. The van der Waals surface area contributed by atoms with Crippen LogP contribution in [0.4, 0.5) is 4.79 Å². The van der Waals surface area contributed by atoms with Crippen LogP contribution >= 0.6 is 0 Å². The summed E-state index contributed by atoms with van der Waals surface area (Å²) in [6.07, 6.45) is -0.577. The summed E-state index contributed by atoms with van der Waals surface area (Å²) in [6, 6.07) is 14.3. The van der Waals surface area contributed by atoms with E-state index >= 15 is 0 Å². The first-order valence-electron chi connectivity index (χ1n) is 9.12. The molecule has 3 rings (SSSR count). The highest BCUT2D eigenvalue weighted by Crippen LogP contribution is 2.22. The molecule has 0 aromatic heterocycles. The molecule has 0 bridgehead atoms. The number of nitrogens with zero attached hydrogens (tertiary/aromatic N) is 1. The first-order chi connectivity index (χ1) is 14.0. The second kappa shape index (κ2) is 9.01. The molecule has 1 heterocycles. The molecule has 1 aliphatic rings. The Balaban J connectivity index is 1.49. The third-order valence-electron chi connectivity index (χ3n) is 4.56. The standard InChI is InChI=1S/C21H20N2O6/c24-18-15-9-4-5-10-16(15)19(25)23(18)12-6-11-17(20(26)27)22-21(28)29-13-14-7-2-1-3-8-14/h1-5,7-10,17H,6,11-13H2,(H,22,28)(H,26,27). The maximum absolute atomic E-state index is 12.3. The van der Waals surface area contributed by atoms with E-state index in [0.717, 1.165) is 10.5 Å². The number of ether oxygens (including phenoxy) is 1. The van der Waals surface area contributed by atoms with Crippen molar-refractivity contribution in [2.45, 2.75) is 25.5 Å². The summed E-state index contributed by atoms with van der Waals surface area (Å²) in [5.41, 5.74) is 1.46. The molecule has 150 valence electrons. The van der Waals surface area contributed by atoms with Crippen molar-refractivity contribution in [3.8, 4) is 0 Å². The van der Waals surface area contributed by atoms with Crippen LogP contribution in [-0.4, -0.2) is 46.5 Å². The summed E-state index contributed by atoms with van der Waals surface area (Å²) in [5, 5.41) is 11.6. The van der Waals surface area contributed by atoms with Gasteiger partial charge in [0.1, 0.15) is 12.6 Å². The van der Waals surface area contributed by atoms with Gasteiger partial charge in [0.2, 0.25) is 0 Å². The molecule has 0 saturated heterocycles. The van der Waals surface area contributed by atoms with Crippen molar-refractivity contribution >= 4 is 23.9 Å². The molecular formula is C21H20N2O6. The number of carboxylic acid groups (broad SMARTS) is 1. The van der Waals surface area contributed by atoms with Crippen LogP contribution in [0.3, 0.4) is 0 Å². The average Bonchev–Trinajstić information content (AvgIpc) is 2.97. The molecule has 1 aliphatic heterocycles. The molecule has 1 atom stereocenters. The molecule has 3 amide bonds. The topological polar surface area (TPSA) is 113 Å². The first kappa shape index (κ1) is 20.1. The summed E-state index contributed by atoms with van der Waals surface area (Å²) in [7, 11) is 0. The van der Waals surface area contributed by atoms with Crippen LogP contribution in [0, 0.1) is 0 Å². The molecule has 0 saturated carbocycles. The highest BCUT2D eigenvalue weighted by atomic mass is 16.5. The Morgan fingerprint density at radius 1 is 0.966 bits per heavy atom. The van der Waals surface area contributed by atoms with Crippen LogP contribution in [0.5, 0.6) is 0 Å². The number of rotatable bonds is 8. The van der Waals surface area contributed by atoms with E-state index in [1.165, 1.54) is 0 Å². The fourth-order valence-corrected chi connectivity index (χ4v) is 3.06. The second-order valence-corrected chi connectivity index (χ2v) is 6.55. The van der Waals surface area contributed by atoms with Crippen molar-refractivity contribution in [3.05, 3.63) is 71.3 Å². The van der Waals surface area contributed by atoms with Gasteiger partial charge in [0.05, 0.1) is 11.1 Å². The molecule has 0 radical (unpaired) electrons. The van der Waals surface area contributed by atoms with E-state index in [9.17, 15) is 24.3 Å². The molecule has 8 nitrogen and oxygen atoms in total. The van der Waals surface area contributed by atoms with E-state index in [1.54, 1.807) is 48.5 Å². The Kier molecular flexibility index (Phi) is 6.23. The minimum atomic E-state index is -1.22. The summed E-state index contributed by atoms with van der Waals surface area (Å²) < 4.78 is 5.03. The molecule has 2 aromatic carbocycles. The molecule has 0 spiro atoms. The van der Waals surface area contributed by atoms with Gasteiger partial charge >= 0.3 is 12.1 Å². The Bertz CT molecular complexity index is 893. The normalized spacial score (nSPS) is 13.7. The SMILES string of the molecule is O=C(NC(CCCN1C(=O)c2ccccc2C1=O)C(=O)O)OCc1ccccc1. The number of amides is 3. The Hall–Kier alpha value is -3.68. The molecular weight excluding hydrogens is 376 g/mol. The number of nitrogens with one attached hydrogen (secondary N) is 1. The number of aliphatic carboxylic acids is 1. The second-order valence-electron chi connectivity index (χ2n) is 6.55. The van der Waals surface area contributed by atoms with Gasteiger partial charge in [0.15, 0.2) is 0 Å². The minimum Gasteiger partial charge on any atom is -0.480 e. The van der Waals surface area contributed by atoms with Crippen LogP contribution in [0.1, 0.15) is 39.1 Å². The minimum absolute atomic E-state index is 0.0219. The van der Waals surface area contributed by atoms with Crippen LogP contribution in [-0.2, 0) is 16.1 Å². The van der Waals surface area contributed by atoms with Crippen molar-refractivity contribution in [3.63, 3.8) is 0 Å². The first-order valence-corrected chi connectivity index (χ1v) is 9.12. The molecule has 29 heavy (non-hydrogen) atoms. The number of carboxylic acids is 1. The van der Waals surface area contributed by atoms with Crippen LogP contribution < -0.4 is 5.32 Å². The number of hydrogen-bond donors (Lipinski definition) is 2. The molecule has 2 N–H and O–H groups in total. The molecule has 2 aromatic rings. The van der Waals surface area contributed by atoms with E-state index < -0.39 is 29.9 Å². The van der Waals surface area contributed by atoms with E-state index in [1.807, 2.05) is 6.07 Å². The zero-order chi connectivity index (χ0) is 20.8. The number of fused-ring (bicyclic) bond motifs is 1. The molecule has 1 unspecified atom stereocenters. The van der Waals surface area contributed by atoms with Crippen molar-refractivity contribution in [2.75, 3.05) is 6.54 Å². The van der Waals surface area contributed by atoms with Gasteiger partial charge < -0.3 is 15.2 Å². The quantitative estimate of drug-likeness (QED) is 0.663. The summed E-state index contributed by atoms with van der Waals surface area (Å²) in [4.78, 5) is 49.0. The lowest BCUT2D eigenvalue weighted by Gasteiger charge is -2.17. The highest BCUT2D eigenvalue weighted by Gasteiger charge is 2.34. The summed E-state index contributed by atoms with van der Waals surface area (Å²) in [5.74, 6) is -2.01. The van der Waals surface area contributed by atoms with Crippen LogP contribution in [0.25, 0.3) is 0 Å². The smallest absolute Gasteiger partial charge is 0.408 e. The predicted octanol–water partition coefficient (Wildman–Crippen LogP) is 2.44. The number of alkyl carbamates (subject to hydrolysis) is 1. The van der Waals surface area contributed by atoms with Crippen molar-refractivity contribution in [2.24, 2.45) is 0 Å². The van der Waals surface area contributed by atoms with E-state index in [0.29, 0.717) is 11.1 Å². The largest absolute Gasteiger partial charge is 0.480 e. The van der Waals surface area contributed by atoms with Crippen LogP contribution in [0.15, 0.2) is 54.6 Å². The molecule has 0 aliphatic carbocycles. The summed E-state index contributed by atoms with van der Waals surface area (Å²) >= 11 is 0. The third kappa shape index (κ3) is 4.78. The van der Waals surface area contributed by atoms with Gasteiger partial charge in [-0.3, -0.25) is 14.5 Å². The number of benzene rings is 2. The zero-order valence-electron chi connectivity index (χ0n) is 15.5. The lowest BCUT2D eigenvalue weighted by molar-refractivity contribution is -0.139. The Morgan fingerprint density at radius 3 is 2.14 bits per heavy atom. The fourth-order valence-electron chi connectivity index (χ4n) is 3.06. The van der Waals surface area contributed by atoms with Gasteiger partial charge in [-0.05, 0) is 30.5 Å². The highest BCUT2D eigenvalue weighted by molar-refractivity contribution is 6.21. The van der Waals surface area contributed by atoms with Gasteiger partial charge in [0.25, 0.3) is 11.8 Å². The van der Waals surface area contributed by atoms with Gasteiger partial charge in [-0.1, -0.05) is 42.5 Å². The van der Waals surface area contributed by atoms with Gasteiger partial charge in [-0.15, -0.1) is 0 Å². The third-order valence-corrected chi connectivity index (χ3v) is 4.56. The van der Waals surface area contributed by atoms with Crippen LogP contribution in [0.2, 0.25) is 0 Å². The number of carbonyl (C=O) groups is 4. The Morgan fingerprint density at radius 2 is 1.55 bits per heavy atom. The van der Waals surface area contributed by atoms with E-state index in [4.69, 9.17) is 4.74 Å².